The molecule has 4 aromatic heterocycles. The lowest BCUT2D eigenvalue weighted by Gasteiger charge is -2.43. The maximum absolute atomic E-state index is 2.76. The van der Waals surface area contributed by atoms with Crippen LogP contribution < -0.4 is 24.8 Å². The minimum absolute atomic E-state index is 0.0128. The van der Waals surface area contributed by atoms with Gasteiger partial charge in [0.05, 0.1) is 11.4 Å². The highest BCUT2D eigenvalue weighted by Crippen LogP contribution is 2.70. The van der Waals surface area contributed by atoms with Crippen molar-refractivity contribution in [3.05, 3.63) is 233 Å². The Bertz CT molecular complexity index is 4810. The van der Waals surface area contributed by atoms with Crippen molar-refractivity contribution in [2.45, 2.75) is 66.7 Å². The minimum atomic E-state index is -0.824. The number of thiophene rings is 4. The third-order valence-electron chi connectivity index (χ3n) is 19.3. The van der Waals surface area contributed by atoms with Crippen LogP contribution >= 0.6 is 67.1 Å². The third kappa shape index (κ3) is 6.66. The molecule has 13 aromatic rings. The molecule has 0 saturated heterocycles. The molecule has 10 heterocycles. The Morgan fingerprint density at radius 3 is 1.33 bits per heavy atom. The number of hydrogen-bond acceptors (Lipinski definition) is 6. The van der Waals surface area contributed by atoms with Crippen molar-refractivity contribution in [3.8, 4) is 20.9 Å². The van der Waals surface area contributed by atoms with Gasteiger partial charge in [-0.2, -0.15) is 21.8 Å². The minimum Gasteiger partial charge on any atom is -0.310 e. The van der Waals surface area contributed by atoms with Gasteiger partial charge in [0.1, 0.15) is 0 Å². The van der Waals surface area contributed by atoms with Crippen LogP contribution in [0.3, 0.4) is 0 Å². The fraction of sp³-hybridized carbons (Fsp3) is 0.120. The van der Waals surface area contributed by atoms with Crippen LogP contribution in [0.25, 0.3) is 83.2 Å². The Hall–Kier alpha value is -7.34. The Balaban J connectivity index is 0.946. The maximum Gasteiger partial charge on any atom is 0.277 e. The van der Waals surface area contributed by atoms with Crippen LogP contribution in [0.15, 0.2) is 204 Å². The number of anilines is 6. The summed E-state index contributed by atoms with van der Waals surface area (Å²) in [5, 5.41) is 5.31. The molecule has 19 rings (SSSR count). The predicted molar refractivity (Wildman–Crippen MR) is 376 cm³/mol. The summed E-state index contributed by atoms with van der Waals surface area (Å²) >= 11 is 7.91. The highest BCUT2D eigenvalue weighted by molar-refractivity contribution is 8.26. The van der Waals surface area contributed by atoms with Crippen molar-refractivity contribution in [1.29, 1.82) is 0 Å². The van der Waals surface area contributed by atoms with E-state index in [2.05, 4.69) is 258 Å². The van der Waals surface area contributed by atoms with E-state index in [1.807, 2.05) is 45.3 Å². The highest BCUT2D eigenvalue weighted by atomic mass is 32.2. The number of hydrogen-bond donors (Lipinski definition) is 2. The molecule has 404 valence electrons. The fourth-order valence-corrected chi connectivity index (χ4v) is 26.2. The standard InChI is InChI=1S/C75H55BN2S6/c1-41(2)46-33-57-69-58(34-46)78-54-30-48(64-36-43-16-8-12-20-60(43)80-64)28-50(32-54)68-38-45-18-10-14-22-66(45)84(68)75(5,6)52-24-26-62-56(40-52)71(78)73(82-62)76(69)72-70-55-39-51(23-25-61(55)81-72)74(3,4)83-65-21-13-9-17-44(65)37-67(83)49-27-47(29-53(31-49)77(57)70)63-35-42-15-7-11-19-59(42)79-63/h7-41,83-84H,1-6H3. The Kier molecular flexibility index (Phi) is 10.0. The summed E-state index contributed by atoms with van der Waals surface area (Å²) in [5.41, 5.74) is 21.2. The van der Waals surface area contributed by atoms with Crippen LogP contribution in [-0.4, -0.2) is 6.71 Å². The first-order valence-electron chi connectivity index (χ1n) is 29.3. The van der Waals surface area contributed by atoms with Crippen molar-refractivity contribution >= 4 is 185 Å². The van der Waals surface area contributed by atoms with Gasteiger partial charge >= 0.3 is 0 Å². The molecule has 0 spiro atoms. The molecule has 6 aliphatic rings. The maximum atomic E-state index is 2.76. The predicted octanol–water partition coefficient (Wildman–Crippen LogP) is 21.3. The molecule has 2 nitrogen and oxygen atoms in total. The zero-order valence-corrected chi connectivity index (χ0v) is 52.3. The van der Waals surface area contributed by atoms with Crippen LogP contribution in [0.4, 0.5) is 34.1 Å². The Morgan fingerprint density at radius 1 is 0.429 bits per heavy atom. The summed E-state index contributed by atoms with van der Waals surface area (Å²) in [4.78, 5) is 14.0. The average Bonchev–Trinajstić information content (AvgIpc) is 2.07. The van der Waals surface area contributed by atoms with E-state index in [9.17, 15) is 0 Å². The van der Waals surface area contributed by atoms with Gasteiger partial charge in [-0.1, -0.05) is 98.8 Å². The van der Waals surface area contributed by atoms with Gasteiger partial charge in [-0.15, -0.1) is 45.3 Å². The number of thiol groups is 2. The molecule has 84 heavy (non-hydrogen) atoms. The molecule has 0 radical (unpaired) electrons. The lowest BCUT2D eigenvalue weighted by atomic mass is 9.39. The topological polar surface area (TPSA) is 6.48 Å². The largest absolute Gasteiger partial charge is 0.310 e. The van der Waals surface area contributed by atoms with Gasteiger partial charge in [0.15, 0.2) is 0 Å². The van der Waals surface area contributed by atoms with Gasteiger partial charge < -0.3 is 9.80 Å². The second kappa shape index (κ2) is 17.2. The quantitative estimate of drug-likeness (QED) is 0.134. The van der Waals surface area contributed by atoms with E-state index >= 15 is 0 Å². The van der Waals surface area contributed by atoms with E-state index in [-0.39, 0.29) is 22.1 Å². The van der Waals surface area contributed by atoms with E-state index < -0.39 is 21.8 Å². The normalized spacial score (nSPS) is 18.6. The van der Waals surface area contributed by atoms with Crippen LogP contribution in [-0.2, 0) is 9.49 Å². The molecule has 0 amide bonds. The number of nitrogens with zero attached hydrogens (tertiary/aromatic N) is 2. The summed E-state index contributed by atoms with van der Waals surface area (Å²) in [6, 6.07) is 77.1. The van der Waals surface area contributed by atoms with Crippen molar-refractivity contribution in [3.63, 3.8) is 0 Å². The van der Waals surface area contributed by atoms with Crippen LogP contribution in [0, 0.1) is 0 Å². The monoisotopic (exact) mass is 1190 g/mol. The second-order valence-corrected chi connectivity index (χ2v) is 34.9. The number of rotatable bonds is 3. The van der Waals surface area contributed by atoms with E-state index in [1.165, 1.54) is 169 Å². The van der Waals surface area contributed by atoms with Crippen LogP contribution in [0.1, 0.15) is 86.4 Å². The van der Waals surface area contributed by atoms with Crippen molar-refractivity contribution in [1.82, 2.24) is 0 Å². The van der Waals surface area contributed by atoms with Crippen LogP contribution in [0.5, 0.6) is 0 Å². The van der Waals surface area contributed by atoms with Gasteiger partial charge in [-0.25, -0.2) is 0 Å². The van der Waals surface area contributed by atoms with Crippen molar-refractivity contribution < 1.29 is 0 Å². The average molecular weight is 1190 g/mol. The summed E-state index contributed by atoms with van der Waals surface area (Å²) in [5.74, 6) is 0.260. The lowest BCUT2D eigenvalue weighted by Crippen LogP contribution is -2.59. The van der Waals surface area contributed by atoms with E-state index in [0.29, 0.717) is 0 Å². The van der Waals surface area contributed by atoms with Gasteiger partial charge in [0.2, 0.25) is 0 Å². The molecule has 0 fully saturated rings. The van der Waals surface area contributed by atoms with E-state index in [0.717, 1.165) is 0 Å². The molecular weight excluding hydrogens is 1130 g/mol. The van der Waals surface area contributed by atoms with E-state index in [1.54, 1.807) is 0 Å². The van der Waals surface area contributed by atoms with Gasteiger partial charge in [0.25, 0.3) is 6.71 Å². The molecule has 0 aliphatic carbocycles. The van der Waals surface area contributed by atoms with Crippen molar-refractivity contribution in [2.75, 3.05) is 9.80 Å². The second-order valence-electron chi connectivity index (χ2n) is 25.1. The molecule has 0 N–H and O–H groups in total. The summed E-state index contributed by atoms with van der Waals surface area (Å²) in [6.45, 7) is 15.0. The molecule has 2 unspecified atom stereocenters. The first kappa shape index (κ1) is 49.0. The Labute approximate surface area is 511 Å². The zero-order chi connectivity index (χ0) is 55.8. The smallest absolute Gasteiger partial charge is 0.277 e. The lowest BCUT2D eigenvalue weighted by molar-refractivity contribution is 0.779. The molecule has 8 bridgehead atoms. The molecule has 6 aliphatic heterocycles. The third-order valence-corrected chi connectivity index (χ3v) is 30.3. The molecular formula is C75H55BN2S6. The van der Waals surface area contributed by atoms with Crippen LogP contribution in [0.2, 0.25) is 0 Å². The van der Waals surface area contributed by atoms with Gasteiger partial charge in [-0.3, -0.25) is 0 Å². The SMILES string of the molecule is CC(C)c1cc2c3c(c1)N1c4cc(cc(-c5cc6ccccc6s5)c4)C4=Cc5ccccc5[SH]4C(C)(C)c4ccc5sc(c1c5c4)B3c1sc3ccc4cc3c1N2c1cc(cc(-c2cc3ccccc3s2)c1)C1=Cc2ccccc2[SH]1C4(C)C. The van der Waals surface area contributed by atoms with Crippen molar-refractivity contribution in [2.24, 2.45) is 0 Å². The highest BCUT2D eigenvalue weighted by Gasteiger charge is 2.49. The molecule has 9 aromatic carbocycles. The first-order chi connectivity index (χ1) is 40.9. The molecule has 2 atom stereocenters. The van der Waals surface area contributed by atoms with Gasteiger partial charge in [-0.05, 0) is 231 Å². The molecule has 9 heteroatoms. The number of benzene rings is 9. The first-order valence-corrected chi connectivity index (χ1v) is 35.3. The fourth-order valence-electron chi connectivity index (χ4n) is 15.1. The number of fused-ring (bicyclic) bond motifs is 22. The summed E-state index contributed by atoms with van der Waals surface area (Å²) < 4.78 is 7.86. The zero-order valence-electron chi connectivity index (χ0n) is 47.2. The summed E-state index contributed by atoms with van der Waals surface area (Å²) in [6.07, 6.45) is 5.10. The Morgan fingerprint density at radius 2 is 0.869 bits per heavy atom. The summed E-state index contributed by atoms with van der Waals surface area (Å²) in [7, 11) is -1.65. The van der Waals surface area contributed by atoms with Gasteiger partial charge in [0, 0.05) is 90.9 Å². The molecule has 0 saturated carbocycles. The van der Waals surface area contributed by atoms with E-state index in [4.69, 9.17) is 0 Å².